The van der Waals surface area contributed by atoms with E-state index in [1.54, 1.807) is 6.07 Å². The maximum Gasteiger partial charge on any atom is 0.150 e. The van der Waals surface area contributed by atoms with Gasteiger partial charge in [0, 0.05) is 6.07 Å². The Labute approximate surface area is 102 Å². The van der Waals surface area contributed by atoms with Gasteiger partial charge in [0.2, 0.25) is 0 Å². The summed E-state index contributed by atoms with van der Waals surface area (Å²) in [5.41, 5.74) is 0.588. The van der Waals surface area contributed by atoms with Crippen molar-refractivity contribution in [1.82, 2.24) is 9.97 Å². The van der Waals surface area contributed by atoms with E-state index in [2.05, 4.69) is 15.3 Å². The number of nitrogens with one attached hydrogen (secondary N) is 1. The molecule has 6 heteroatoms. The highest BCUT2D eigenvalue weighted by Gasteiger charge is 2.05. The zero-order chi connectivity index (χ0) is 12.3. The molecule has 0 spiro atoms. The molecule has 88 valence electrons. The van der Waals surface area contributed by atoms with Gasteiger partial charge in [0.05, 0.1) is 25.2 Å². The molecule has 0 unspecified atom stereocenters. The first-order chi connectivity index (χ1) is 8.19. The molecule has 0 radical (unpaired) electrons. The lowest BCUT2D eigenvalue weighted by atomic mass is 10.3. The predicted octanol–water partition coefficient (Wildman–Crippen LogP) is 3.02. The minimum absolute atomic E-state index is 0.274. The quantitative estimate of drug-likeness (QED) is 0.913. The summed E-state index contributed by atoms with van der Waals surface area (Å²) < 4.78 is 18.0. The van der Waals surface area contributed by atoms with E-state index in [1.165, 1.54) is 31.6 Å². The van der Waals surface area contributed by atoms with Crippen LogP contribution in [0.3, 0.4) is 0 Å². The van der Waals surface area contributed by atoms with Gasteiger partial charge in [-0.2, -0.15) is 0 Å². The number of hydrogen-bond acceptors (Lipinski definition) is 4. The van der Waals surface area contributed by atoms with Gasteiger partial charge in [-0.05, 0) is 12.1 Å². The lowest BCUT2D eigenvalue weighted by Crippen LogP contribution is -1.97. The molecule has 0 bridgehead atoms. The number of methoxy groups -OCH3 is 1. The van der Waals surface area contributed by atoms with Crippen LogP contribution in [-0.2, 0) is 0 Å². The van der Waals surface area contributed by atoms with Gasteiger partial charge < -0.3 is 10.1 Å². The molecular formula is C11H9ClFN3O. The first-order valence-corrected chi connectivity index (χ1v) is 5.15. The zero-order valence-electron chi connectivity index (χ0n) is 8.95. The molecule has 0 amide bonds. The second-order valence-electron chi connectivity index (χ2n) is 3.20. The van der Waals surface area contributed by atoms with Crippen LogP contribution >= 0.6 is 11.6 Å². The Hall–Kier alpha value is -1.88. The first-order valence-electron chi connectivity index (χ1n) is 4.77. The number of halogens is 2. The summed E-state index contributed by atoms with van der Waals surface area (Å²) in [6.07, 6.45) is 2.93. The molecule has 0 aliphatic heterocycles. The van der Waals surface area contributed by atoms with Crippen molar-refractivity contribution >= 4 is 23.1 Å². The highest BCUT2D eigenvalue weighted by Crippen LogP contribution is 2.27. The molecule has 17 heavy (non-hydrogen) atoms. The van der Waals surface area contributed by atoms with Crippen LogP contribution in [0.1, 0.15) is 0 Å². The Bertz CT molecular complexity index is 536. The number of aromatic nitrogens is 2. The fraction of sp³-hybridized carbons (Fsp3) is 0.0909. The summed E-state index contributed by atoms with van der Waals surface area (Å²) in [5.74, 6) is 0.471. The van der Waals surface area contributed by atoms with Gasteiger partial charge in [0.15, 0.2) is 5.82 Å². The molecule has 1 aromatic heterocycles. The van der Waals surface area contributed by atoms with Crippen molar-refractivity contribution in [2.24, 2.45) is 0 Å². The summed E-state index contributed by atoms with van der Waals surface area (Å²) in [6, 6.07) is 4.15. The molecule has 0 saturated heterocycles. The van der Waals surface area contributed by atoms with Gasteiger partial charge >= 0.3 is 0 Å². The second-order valence-corrected chi connectivity index (χ2v) is 3.58. The fourth-order valence-electron chi connectivity index (χ4n) is 1.31. The fourth-order valence-corrected chi connectivity index (χ4v) is 1.46. The smallest absolute Gasteiger partial charge is 0.150 e. The molecular weight excluding hydrogens is 245 g/mol. The SMILES string of the molecule is COc1cc(F)ccc1Nc1cncc(Cl)n1. The van der Waals surface area contributed by atoms with Crippen LogP contribution in [0, 0.1) is 5.82 Å². The summed E-state index contributed by atoms with van der Waals surface area (Å²) in [7, 11) is 1.46. The van der Waals surface area contributed by atoms with E-state index < -0.39 is 0 Å². The molecule has 1 heterocycles. The number of ether oxygens (including phenoxy) is 1. The molecule has 0 atom stereocenters. The molecule has 0 aliphatic rings. The van der Waals surface area contributed by atoms with Gasteiger partial charge in [-0.1, -0.05) is 11.6 Å². The Morgan fingerprint density at radius 3 is 2.88 bits per heavy atom. The number of nitrogens with zero attached hydrogens (tertiary/aromatic N) is 2. The van der Waals surface area contributed by atoms with Crippen molar-refractivity contribution in [3.63, 3.8) is 0 Å². The van der Waals surface area contributed by atoms with E-state index in [9.17, 15) is 4.39 Å². The molecule has 4 nitrogen and oxygen atoms in total. The van der Waals surface area contributed by atoms with Crippen LogP contribution in [0.15, 0.2) is 30.6 Å². The van der Waals surface area contributed by atoms with E-state index >= 15 is 0 Å². The van der Waals surface area contributed by atoms with E-state index in [0.29, 0.717) is 17.3 Å². The third-order valence-electron chi connectivity index (χ3n) is 2.03. The van der Waals surface area contributed by atoms with Crippen LogP contribution in [0.4, 0.5) is 15.9 Å². The maximum atomic E-state index is 13.0. The third kappa shape index (κ3) is 2.82. The molecule has 2 rings (SSSR count). The number of anilines is 2. The van der Waals surface area contributed by atoms with Gasteiger partial charge in [0.25, 0.3) is 0 Å². The largest absolute Gasteiger partial charge is 0.494 e. The Morgan fingerprint density at radius 2 is 2.18 bits per heavy atom. The van der Waals surface area contributed by atoms with Crippen LogP contribution in [0.5, 0.6) is 5.75 Å². The van der Waals surface area contributed by atoms with Crippen LogP contribution < -0.4 is 10.1 Å². The maximum absolute atomic E-state index is 13.0. The van der Waals surface area contributed by atoms with Crippen molar-refractivity contribution in [1.29, 1.82) is 0 Å². The van der Waals surface area contributed by atoms with E-state index in [-0.39, 0.29) is 11.0 Å². The summed E-state index contributed by atoms with van der Waals surface area (Å²) in [4.78, 5) is 7.89. The van der Waals surface area contributed by atoms with E-state index in [0.717, 1.165) is 0 Å². The topological polar surface area (TPSA) is 47.0 Å². The number of rotatable bonds is 3. The monoisotopic (exact) mass is 253 g/mol. The van der Waals surface area contributed by atoms with Gasteiger partial charge in [-0.3, -0.25) is 4.98 Å². The van der Waals surface area contributed by atoms with E-state index in [4.69, 9.17) is 16.3 Å². The lowest BCUT2D eigenvalue weighted by molar-refractivity contribution is 0.413. The Kier molecular flexibility index (Phi) is 3.39. The summed E-state index contributed by atoms with van der Waals surface area (Å²) in [5, 5.41) is 3.22. The minimum atomic E-state index is -0.371. The number of hydrogen-bond donors (Lipinski definition) is 1. The zero-order valence-corrected chi connectivity index (χ0v) is 9.70. The second kappa shape index (κ2) is 4.97. The van der Waals surface area contributed by atoms with E-state index in [1.807, 2.05) is 0 Å². The molecule has 1 N–H and O–H groups in total. The van der Waals surface area contributed by atoms with Crippen LogP contribution in [0.2, 0.25) is 5.15 Å². The van der Waals surface area contributed by atoms with Gasteiger partial charge in [0.1, 0.15) is 16.7 Å². The standard InChI is InChI=1S/C11H9ClFN3O/c1-17-9-4-7(13)2-3-8(9)15-11-6-14-5-10(12)16-11/h2-6H,1H3,(H,15,16). The van der Waals surface area contributed by atoms with Crippen LogP contribution in [-0.4, -0.2) is 17.1 Å². The van der Waals surface area contributed by atoms with Crippen molar-refractivity contribution in [3.8, 4) is 5.75 Å². The van der Waals surface area contributed by atoms with Crippen molar-refractivity contribution in [3.05, 3.63) is 41.6 Å². The Morgan fingerprint density at radius 1 is 1.35 bits per heavy atom. The molecule has 1 aromatic carbocycles. The predicted molar refractivity (Wildman–Crippen MR) is 63.3 cm³/mol. The van der Waals surface area contributed by atoms with Crippen LogP contribution in [0.25, 0.3) is 0 Å². The average Bonchev–Trinajstić information content (AvgIpc) is 2.31. The van der Waals surface area contributed by atoms with Gasteiger partial charge in [-0.15, -0.1) is 0 Å². The molecule has 0 saturated carbocycles. The average molecular weight is 254 g/mol. The highest BCUT2D eigenvalue weighted by atomic mass is 35.5. The Balaban J connectivity index is 2.29. The molecule has 0 fully saturated rings. The minimum Gasteiger partial charge on any atom is -0.494 e. The normalized spacial score (nSPS) is 10.1. The summed E-state index contributed by atoms with van der Waals surface area (Å²) in [6.45, 7) is 0. The number of benzene rings is 1. The van der Waals surface area contributed by atoms with Crippen molar-refractivity contribution in [2.75, 3.05) is 12.4 Å². The van der Waals surface area contributed by atoms with Crippen molar-refractivity contribution < 1.29 is 9.13 Å². The molecule has 2 aromatic rings. The summed E-state index contributed by atoms with van der Waals surface area (Å²) >= 11 is 5.71. The van der Waals surface area contributed by atoms with Crippen molar-refractivity contribution in [2.45, 2.75) is 0 Å². The lowest BCUT2D eigenvalue weighted by Gasteiger charge is -2.10. The van der Waals surface area contributed by atoms with Gasteiger partial charge in [-0.25, -0.2) is 9.37 Å². The highest BCUT2D eigenvalue weighted by molar-refractivity contribution is 6.29. The third-order valence-corrected chi connectivity index (χ3v) is 2.21. The molecule has 0 aliphatic carbocycles. The first kappa shape index (κ1) is 11.6.